The molecule has 2 aliphatic heterocycles. The third-order valence-electron chi connectivity index (χ3n) is 7.54. The lowest BCUT2D eigenvalue weighted by atomic mass is 9.93. The normalized spacial score (nSPS) is 26.0. The summed E-state index contributed by atoms with van der Waals surface area (Å²) in [4.78, 5) is 31.4. The van der Waals surface area contributed by atoms with E-state index >= 15 is 0 Å². The molecule has 0 spiro atoms. The van der Waals surface area contributed by atoms with Gasteiger partial charge in [-0.25, -0.2) is 0 Å². The summed E-state index contributed by atoms with van der Waals surface area (Å²) in [5.74, 6) is -0.0125. The molecule has 3 heterocycles. The molecule has 2 saturated heterocycles. The molecule has 2 aromatic rings. The second-order valence-electron chi connectivity index (χ2n) is 9.39. The Bertz CT molecular complexity index is 1020. The third-order valence-corrected chi connectivity index (χ3v) is 8.60. The molecule has 0 radical (unpaired) electrons. The van der Waals surface area contributed by atoms with Gasteiger partial charge in [-0.15, -0.1) is 11.3 Å². The van der Waals surface area contributed by atoms with Gasteiger partial charge in [0.25, 0.3) is 11.8 Å². The van der Waals surface area contributed by atoms with Crippen LogP contribution in [0.4, 0.5) is 0 Å². The zero-order valence-corrected chi connectivity index (χ0v) is 17.8. The van der Waals surface area contributed by atoms with Crippen LogP contribution >= 0.6 is 11.3 Å². The molecule has 5 nitrogen and oxygen atoms in total. The van der Waals surface area contributed by atoms with Gasteiger partial charge >= 0.3 is 0 Å². The highest BCUT2D eigenvalue weighted by molar-refractivity contribution is 7.12. The smallest absolute Gasteiger partial charge is 0.264 e. The van der Waals surface area contributed by atoms with Crippen LogP contribution in [0.2, 0.25) is 0 Å². The van der Waals surface area contributed by atoms with Gasteiger partial charge in [0.15, 0.2) is 5.60 Å². The molecule has 30 heavy (non-hydrogen) atoms. The minimum Gasteiger partial charge on any atom is -0.379 e. The number of aliphatic hydroxyl groups is 1. The summed E-state index contributed by atoms with van der Waals surface area (Å²) in [6, 6.07) is 8.01. The quantitative estimate of drug-likeness (QED) is 0.809. The summed E-state index contributed by atoms with van der Waals surface area (Å²) in [5, 5.41) is 13.3. The Labute approximate surface area is 180 Å². The number of aryl methyl sites for hydroxylation is 1. The summed E-state index contributed by atoms with van der Waals surface area (Å²) in [6.45, 7) is 1.13. The van der Waals surface area contributed by atoms with Crippen molar-refractivity contribution in [1.82, 2.24) is 9.80 Å². The van der Waals surface area contributed by atoms with E-state index in [1.807, 2.05) is 34.1 Å². The summed E-state index contributed by atoms with van der Waals surface area (Å²) >= 11 is 1.60. The van der Waals surface area contributed by atoms with Gasteiger partial charge in [0.1, 0.15) is 0 Å². The topological polar surface area (TPSA) is 60.9 Å². The number of fused-ring (bicyclic) bond motifs is 4. The minimum atomic E-state index is -1.34. The molecule has 2 aliphatic carbocycles. The van der Waals surface area contributed by atoms with E-state index in [0.717, 1.165) is 35.3 Å². The fourth-order valence-corrected chi connectivity index (χ4v) is 7.12. The first kappa shape index (κ1) is 18.6. The second kappa shape index (κ2) is 6.66. The minimum absolute atomic E-state index is 0.0231. The number of amides is 2. The van der Waals surface area contributed by atoms with Gasteiger partial charge in [-0.3, -0.25) is 9.59 Å². The highest BCUT2D eigenvalue weighted by atomic mass is 32.1. The lowest BCUT2D eigenvalue weighted by Crippen LogP contribution is -2.57. The zero-order valence-electron chi connectivity index (χ0n) is 17.0. The Balaban J connectivity index is 1.17. The number of benzene rings is 1. The van der Waals surface area contributed by atoms with Crippen molar-refractivity contribution in [1.29, 1.82) is 0 Å². The molecule has 0 unspecified atom stereocenters. The first-order valence-corrected chi connectivity index (χ1v) is 11.9. The Morgan fingerprint density at radius 2 is 1.63 bits per heavy atom. The van der Waals surface area contributed by atoms with Crippen molar-refractivity contribution >= 4 is 23.2 Å². The number of nitrogens with zero attached hydrogens (tertiary/aromatic N) is 2. The Hall–Kier alpha value is -2.18. The average molecular weight is 423 g/mol. The van der Waals surface area contributed by atoms with E-state index < -0.39 is 5.60 Å². The van der Waals surface area contributed by atoms with E-state index in [4.69, 9.17) is 0 Å². The van der Waals surface area contributed by atoms with E-state index in [2.05, 4.69) is 5.38 Å². The number of hydrogen-bond donors (Lipinski definition) is 1. The SMILES string of the molecule is O=C(c1scc2c1CCCC2)N1C[C@@H]2C[C@H]1CN2C(=O)C1(O)Cc2ccccc2C1. The van der Waals surface area contributed by atoms with Crippen molar-refractivity contribution in [2.45, 2.75) is 62.6 Å². The number of piperazine rings is 1. The van der Waals surface area contributed by atoms with E-state index in [0.29, 0.717) is 25.9 Å². The average Bonchev–Trinajstić information content (AvgIpc) is 3.52. The van der Waals surface area contributed by atoms with Crippen LogP contribution < -0.4 is 0 Å². The van der Waals surface area contributed by atoms with Crippen molar-refractivity contribution in [3.8, 4) is 0 Å². The highest BCUT2D eigenvalue weighted by Crippen LogP contribution is 2.39. The van der Waals surface area contributed by atoms with Crippen LogP contribution in [0.1, 0.15) is 51.2 Å². The molecule has 2 fully saturated rings. The Morgan fingerprint density at radius 3 is 2.33 bits per heavy atom. The maximum absolute atomic E-state index is 13.3. The van der Waals surface area contributed by atoms with Crippen LogP contribution in [0.5, 0.6) is 0 Å². The predicted octanol–water partition coefficient (Wildman–Crippen LogP) is 2.58. The van der Waals surface area contributed by atoms with E-state index in [1.165, 1.54) is 24.0 Å². The first-order valence-electron chi connectivity index (χ1n) is 11.0. The largest absolute Gasteiger partial charge is 0.379 e. The molecule has 1 N–H and O–H groups in total. The van der Waals surface area contributed by atoms with Gasteiger partial charge < -0.3 is 14.9 Å². The summed E-state index contributed by atoms with van der Waals surface area (Å²) in [6.07, 6.45) is 6.09. The van der Waals surface area contributed by atoms with Crippen molar-refractivity contribution in [3.63, 3.8) is 0 Å². The second-order valence-corrected chi connectivity index (χ2v) is 10.3. The van der Waals surface area contributed by atoms with Crippen molar-refractivity contribution < 1.29 is 14.7 Å². The van der Waals surface area contributed by atoms with Gasteiger partial charge in [-0.05, 0) is 59.7 Å². The van der Waals surface area contributed by atoms with Crippen LogP contribution in [0.3, 0.4) is 0 Å². The fourth-order valence-electron chi connectivity index (χ4n) is 6.01. The van der Waals surface area contributed by atoms with E-state index in [1.54, 1.807) is 11.3 Å². The Kier molecular flexibility index (Phi) is 4.12. The van der Waals surface area contributed by atoms with Crippen LogP contribution in [-0.2, 0) is 30.5 Å². The molecule has 4 aliphatic rings. The maximum Gasteiger partial charge on any atom is 0.264 e. The number of carbonyl (C=O) groups excluding carboxylic acids is 2. The molecule has 156 valence electrons. The molecule has 2 amide bonds. The Morgan fingerprint density at radius 1 is 0.967 bits per heavy atom. The van der Waals surface area contributed by atoms with Crippen LogP contribution in [0, 0.1) is 0 Å². The van der Waals surface area contributed by atoms with Crippen LogP contribution in [0.15, 0.2) is 29.6 Å². The maximum atomic E-state index is 13.3. The van der Waals surface area contributed by atoms with Crippen molar-refractivity contribution in [2.75, 3.05) is 13.1 Å². The van der Waals surface area contributed by atoms with Gasteiger partial charge in [0, 0.05) is 25.9 Å². The zero-order chi connectivity index (χ0) is 20.5. The molecular formula is C24H26N2O3S. The monoisotopic (exact) mass is 422 g/mol. The summed E-state index contributed by atoms with van der Waals surface area (Å²) in [7, 11) is 0. The van der Waals surface area contributed by atoms with E-state index in [-0.39, 0.29) is 23.9 Å². The standard InChI is InChI=1S/C24H26N2O3S/c27-22(21-20-8-4-3-7-17(20)14-30-21)25-12-19-9-18(25)13-26(19)23(28)24(29)10-15-5-1-2-6-16(15)11-24/h1-2,5-6,14,18-19,29H,3-4,7-13H2/t18-,19-/m0/s1. The van der Waals surface area contributed by atoms with Gasteiger partial charge in [0.2, 0.25) is 0 Å². The predicted molar refractivity (Wildman–Crippen MR) is 115 cm³/mol. The lowest BCUT2D eigenvalue weighted by molar-refractivity contribution is -0.152. The molecule has 2 bridgehead atoms. The first-order chi connectivity index (χ1) is 14.5. The molecule has 0 saturated carbocycles. The van der Waals surface area contributed by atoms with Crippen LogP contribution in [0.25, 0.3) is 0 Å². The van der Waals surface area contributed by atoms with Gasteiger partial charge in [-0.2, -0.15) is 0 Å². The van der Waals surface area contributed by atoms with Crippen molar-refractivity contribution in [3.05, 3.63) is 56.8 Å². The fraction of sp³-hybridized carbons (Fsp3) is 0.500. The summed E-state index contributed by atoms with van der Waals surface area (Å²) < 4.78 is 0. The molecule has 1 aromatic carbocycles. The van der Waals surface area contributed by atoms with E-state index in [9.17, 15) is 14.7 Å². The molecule has 6 heteroatoms. The van der Waals surface area contributed by atoms with Gasteiger partial charge in [-0.1, -0.05) is 24.3 Å². The number of likely N-dealkylation sites (tertiary alicyclic amines) is 2. The number of hydrogen-bond acceptors (Lipinski definition) is 4. The van der Waals surface area contributed by atoms with Crippen molar-refractivity contribution in [2.24, 2.45) is 0 Å². The third kappa shape index (κ3) is 2.70. The number of carbonyl (C=O) groups is 2. The number of rotatable bonds is 2. The molecule has 6 rings (SSSR count). The molecule has 1 aromatic heterocycles. The highest BCUT2D eigenvalue weighted by Gasteiger charge is 2.53. The number of thiophene rings is 1. The lowest BCUT2D eigenvalue weighted by Gasteiger charge is -2.37. The molecular weight excluding hydrogens is 396 g/mol. The van der Waals surface area contributed by atoms with Crippen LogP contribution in [-0.4, -0.2) is 57.5 Å². The summed E-state index contributed by atoms with van der Waals surface area (Å²) in [5.41, 5.74) is 3.42. The molecule has 2 atom stereocenters. The van der Waals surface area contributed by atoms with Gasteiger partial charge in [0.05, 0.1) is 17.0 Å².